The Hall–Kier alpha value is -3.46. The molecule has 0 saturated carbocycles. The monoisotopic (exact) mass is 413 g/mol. The lowest BCUT2D eigenvalue weighted by atomic mass is 10.2. The minimum Gasteiger partial charge on any atom is -0.453 e. The van der Waals surface area contributed by atoms with Crippen molar-refractivity contribution in [1.29, 1.82) is 0 Å². The second kappa shape index (κ2) is 7.17. The van der Waals surface area contributed by atoms with Gasteiger partial charge in [-0.1, -0.05) is 12.1 Å². The molecule has 0 unspecified atom stereocenters. The number of aromatic nitrogens is 1. The average Bonchev–Trinajstić information content (AvgIpc) is 2.83. The van der Waals surface area contributed by atoms with E-state index in [1.54, 1.807) is 25.3 Å². The minimum absolute atomic E-state index is 0.0706. The molecular formula is C20H16FN3O4S. The molecule has 29 heavy (non-hydrogen) atoms. The highest BCUT2D eigenvalue weighted by Gasteiger charge is 2.30. The zero-order valence-corrected chi connectivity index (χ0v) is 16.1. The number of nitrogens with zero attached hydrogens (tertiary/aromatic N) is 2. The van der Waals surface area contributed by atoms with Crippen LogP contribution in [-0.2, 0) is 10.0 Å². The Morgan fingerprint density at radius 1 is 1.10 bits per heavy atom. The number of ether oxygens (including phenoxy) is 1. The number of amides is 1. The van der Waals surface area contributed by atoms with Gasteiger partial charge in [0.15, 0.2) is 11.6 Å². The predicted octanol–water partition coefficient (Wildman–Crippen LogP) is 3.79. The van der Waals surface area contributed by atoms with E-state index < -0.39 is 21.7 Å². The zero-order valence-electron chi connectivity index (χ0n) is 15.3. The predicted molar refractivity (Wildman–Crippen MR) is 105 cm³/mol. The maximum atomic E-state index is 13.9. The number of carbonyl (C=O) groups excluding carboxylic acids is 1. The molecule has 1 aliphatic rings. The molecule has 2 aromatic carbocycles. The number of sulfonamides is 1. The highest BCUT2D eigenvalue weighted by Crippen LogP contribution is 2.38. The van der Waals surface area contributed by atoms with E-state index in [1.165, 1.54) is 41.3 Å². The highest BCUT2D eigenvalue weighted by molar-refractivity contribution is 7.92. The Kier molecular flexibility index (Phi) is 4.67. The van der Waals surface area contributed by atoms with Crippen molar-refractivity contribution in [3.63, 3.8) is 0 Å². The number of halogens is 1. The van der Waals surface area contributed by atoms with E-state index in [1.807, 2.05) is 0 Å². The van der Waals surface area contributed by atoms with E-state index >= 15 is 0 Å². The van der Waals surface area contributed by atoms with Crippen LogP contribution in [0.15, 0.2) is 65.7 Å². The second-order valence-electron chi connectivity index (χ2n) is 6.22. The number of carbonyl (C=O) groups is 1. The van der Waals surface area contributed by atoms with Crippen LogP contribution in [0.1, 0.15) is 17.3 Å². The maximum Gasteiger partial charge on any atom is 0.263 e. The molecule has 0 fully saturated rings. The molecule has 1 amide bonds. The van der Waals surface area contributed by atoms with Gasteiger partial charge in [0.1, 0.15) is 11.6 Å². The summed E-state index contributed by atoms with van der Waals surface area (Å²) in [5.74, 6) is -0.191. The molecule has 1 aliphatic heterocycles. The zero-order chi connectivity index (χ0) is 20.6. The standard InChI is InChI=1S/C20H16FN3O4S/c1-2-24-19-18(8-5-11-22-19)28-17-10-9-13(12-14(17)20(24)25)29(26,27)23-16-7-4-3-6-15(16)21/h3-12,23H,2H2,1H3. The molecule has 4 rings (SSSR count). The van der Waals surface area contributed by atoms with E-state index in [9.17, 15) is 17.6 Å². The van der Waals surface area contributed by atoms with Gasteiger partial charge in [-0.3, -0.25) is 14.4 Å². The first-order valence-corrected chi connectivity index (χ1v) is 10.2. The van der Waals surface area contributed by atoms with Crippen LogP contribution >= 0.6 is 0 Å². The largest absolute Gasteiger partial charge is 0.453 e. The number of hydrogen-bond donors (Lipinski definition) is 1. The van der Waals surface area contributed by atoms with E-state index in [-0.39, 0.29) is 21.9 Å². The first-order chi connectivity index (χ1) is 13.9. The third-order valence-electron chi connectivity index (χ3n) is 4.40. The number of rotatable bonds is 4. The van der Waals surface area contributed by atoms with Crippen LogP contribution in [0.5, 0.6) is 11.5 Å². The first kappa shape index (κ1) is 18.9. The molecule has 0 radical (unpaired) electrons. The normalized spacial score (nSPS) is 13.2. The lowest BCUT2D eigenvalue weighted by Crippen LogP contribution is -2.30. The quantitative estimate of drug-likeness (QED) is 0.703. The molecule has 1 aromatic heterocycles. The van der Waals surface area contributed by atoms with Crippen molar-refractivity contribution in [2.24, 2.45) is 0 Å². The summed E-state index contributed by atoms with van der Waals surface area (Å²) in [4.78, 5) is 18.5. The Labute approximate surface area is 166 Å². The fourth-order valence-electron chi connectivity index (χ4n) is 3.00. The van der Waals surface area contributed by atoms with Gasteiger partial charge in [-0.2, -0.15) is 0 Å². The number of pyridine rings is 1. The summed E-state index contributed by atoms with van der Waals surface area (Å²) in [7, 11) is -4.13. The third kappa shape index (κ3) is 3.40. The molecule has 2 heterocycles. The van der Waals surface area contributed by atoms with Crippen molar-refractivity contribution in [3.05, 3.63) is 72.2 Å². The van der Waals surface area contributed by atoms with Gasteiger partial charge in [0.05, 0.1) is 16.1 Å². The van der Waals surface area contributed by atoms with Crippen molar-refractivity contribution < 1.29 is 22.3 Å². The Bertz CT molecular complexity index is 1210. The molecule has 1 N–H and O–H groups in total. The van der Waals surface area contributed by atoms with Gasteiger partial charge < -0.3 is 4.74 Å². The van der Waals surface area contributed by atoms with Gasteiger partial charge in [-0.25, -0.2) is 17.8 Å². The topological polar surface area (TPSA) is 88.6 Å². The van der Waals surface area contributed by atoms with Crippen LogP contribution in [-0.4, -0.2) is 25.9 Å². The third-order valence-corrected chi connectivity index (χ3v) is 5.76. The molecule has 0 bridgehead atoms. The highest BCUT2D eigenvalue weighted by atomic mass is 32.2. The lowest BCUT2D eigenvalue weighted by Gasteiger charge is -2.18. The summed E-state index contributed by atoms with van der Waals surface area (Å²) in [5.41, 5.74) is -0.113. The first-order valence-electron chi connectivity index (χ1n) is 8.77. The van der Waals surface area contributed by atoms with Gasteiger partial charge in [0, 0.05) is 12.7 Å². The molecule has 0 spiro atoms. The molecular weight excluding hydrogens is 397 g/mol. The van der Waals surface area contributed by atoms with Gasteiger partial charge in [0.25, 0.3) is 15.9 Å². The number of nitrogens with one attached hydrogen (secondary N) is 1. The SMILES string of the molecule is CCN1C(=O)c2cc(S(=O)(=O)Nc3ccccc3F)ccc2Oc2cccnc21. The van der Waals surface area contributed by atoms with Crippen molar-refractivity contribution in [2.75, 3.05) is 16.2 Å². The molecule has 3 aromatic rings. The molecule has 0 aliphatic carbocycles. The summed E-state index contributed by atoms with van der Waals surface area (Å²) < 4.78 is 47.4. The Morgan fingerprint density at radius 2 is 1.90 bits per heavy atom. The van der Waals surface area contributed by atoms with E-state index in [2.05, 4.69) is 9.71 Å². The van der Waals surface area contributed by atoms with Crippen LogP contribution in [0.4, 0.5) is 15.9 Å². The Balaban J connectivity index is 1.77. The van der Waals surface area contributed by atoms with E-state index in [0.717, 1.165) is 6.07 Å². The summed E-state index contributed by atoms with van der Waals surface area (Å²) in [6, 6.07) is 12.7. The fraction of sp³-hybridized carbons (Fsp3) is 0.100. The van der Waals surface area contributed by atoms with Gasteiger partial charge in [-0.05, 0) is 49.4 Å². The molecule has 0 atom stereocenters. The maximum absolute atomic E-state index is 13.9. The van der Waals surface area contributed by atoms with Crippen LogP contribution in [0.3, 0.4) is 0 Å². The summed E-state index contributed by atoms with van der Waals surface area (Å²) >= 11 is 0. The summed E-state index contributed by atoms with van der Waals surface area (Å²) in [5, 5.41) is 0. The number of hydrogen-bond acceptors (Lipinski definition) is 5. The minimum atomic E-state index is -4.13. The average molecular weight is 413 g/mol. The molecule has 148 valence electrons. The second-order valence-corrected chi connectivity index (χ2v) is 7.90. The number of anilines is 2. The molecule has 9 heteroatoms. The van der Waals surface area contributed by atoms with Gasteiger partial charge in [-0.15, -0.1) is 0 Å². The number of benzene rings is 2. The van der Waals surface area contributed by atoms with Crippen molar-refractivity contribution in [2.45, 2.75) is 11.8 Å². The Morgan fingerprint density at radius 3 is 2.66 bits per heavy atom. The summed E-state index contributed by atoms with van der Waals surface area (Å²) in [6.07, 6.45) is 1.54. The fourth-order valence-corrected chi connectivity index (χ4v) is 4.09. The van der Waals surface area contributed by atoms with Crippen LogP contribution in [0, 0.1) is 5.82 Å². The molecule has 0 saturated heterocycles. The van der Waals surface area contributed by atoms with Crippen LogP contribution < -0.4 is 14.4 Å². The van der Waals surface area contributed by atoms with E-state index in [4.69, 9.17) is 4.74 Å². The van der Waals surface area contributed by atoms with Gasteiger partial charge in [0.2, 0.25) is 0 Å². The van der Waals surface area contributed by atoms with Gasteiger partial charge >= 0.3 is 0 Å². The van der Waals surface area contributed by atoms with Crippen LogP contribution in [0.2, 0.25) is 0 Å². The smallest absolute Gasteiger partial charge is 0.263 e. The number of fused-ring (bicyclic) bond motifs is 2. The van der Waals surface area contributed by atoms with Crippen molar-refractivity contribution >= 4 is 27.4 Å². The molecule has 7 nitrogen and oxygen atoms in total. The van der Waals surface area contributed by atoms with Crippen molar-refractivity contribution in [3.8, 4) is 11.5 Å². The summed E-state index contributed by atoms with van der Waals surface area (Å²) in [6.45, 7) is 2.10. The lowest BCUT2D eigenvalue weighted by molar-refractivity contribution is 0.0987. The number of para-hydroxylation sites is 1. The van der Waals surface area contributed by atoms with E-state index in [0.29, 0.717) is 18.1 Å². The van der Waals surface area contributed by atoms with Crippen LogP contribution in [0.25, 0.3) is 0 Å². The van der Waals surface area contributed by atoms with Crippen molar-refractivity contribution in [1.82, 2.24) is 4.98 Å².